The Bertz CT molecular complexity index is 1100. The number of amides is 4. The van der Waals surface area contributed by atoms with Crippen molar-refractivity contribution in [2.75, 3.05) is 39.3 Å². The summed E-state index contributed by atoms with van der Waals surface area (Å²) in [5.74, 6) is -2.98. The molecule has 1 spiro atoms. The molecule has 4 aliphatic carbocycles. The van der Waals surface area contributed by atoms with Gasteiger partial charge in [-0.1, -0.05) is 0 Å². The summed E-state index contributed by atoms with van der Waals surface area (Å²) in [6.45, 7) is 1.82. The van der Waals surface area contributed by atoms with Crippen molar-refractivity contribution >= 4 is 17.8 Å². The molecule has 0 aromatic rings. The smallest absolute Gasteiger partial charge is 0.329 e. The summed E-state index contributed by atoms with van der Waals surface area (Å²) in [6.07, 6.45) is -3.41. The van der Waals surface area contributed by atoms with Gasteiger partial charge in [0.25, 0.3) is 5.91 Å². The van der Waals surface area contributed by atoms with E-state index in [1.807, 2.05) is 0 Å². The van der Waals surface area contributed by atoms with Crippen LogP contribution in [-0.2, 0) is 9.59 Å². The summed E-state index contributed by atoms with van der Waals surface area (Å²) in [5, 5.41) is 4.80. The number of carbonyl (C=O) groups is 3. The first-order valence-electron chi connectivity index (χ1n) is 16.4. The lowest BCUT2D eigenvalue weighted by Gasteiger charge is -2.39. The van der Waals surface area contributed by atoms with E-state index in [1.165, 1.54) is 0 Å². The summed E-state index contributed by atoms with van der Waals surface area (Å²) in [7, 11) is 0. The molecule has 4 N–H and O–H groups in total. The van der Waals surface area contributed by atoms with E-state index in [-0.39, 0.29) is 37.6 Å². The average molecular weight is 633 g/mol. The molecule has 2 saturated heterocycles. The molecule has 6 fully saturated rings. The lowest BCUT2D eigenvalue weighted by molar-refractivity contribution is -0.196. The van der Waals surface area contributed by atoms with Crippen LogP contribution >= 0.6 is 0 Å². The second-order valence-corrected chi connectivity index (χ2v) is 14.2. The van der Waals surface area contributed by atoms with E-state index in [4.69, 9.17) is 5.73 Å². The van der Waals surface area contributed by atoms with Crippen LogP contribution in [0.1, 0.15) is 64.2 Å². The Morgan fingerprint density at radius 2 is 1.77 bits per heavy atom. The maximum Gasteiger partial charge on any atom is 0.409 e. The summed E-state index contributed by atoms with van der Waals surface area (Å²) < 4.78 is 72.3. The highest BCUT2D eigenvalue weighted by atomic mass is 19.4. The predicted molar refractivity (Wildman–Crippen MR) is 150 cm³/mol. The highest BCUT2D eigenvalue weighted by Crippen LogP contribution is 2.54. The number of nitrogens with zero attached hydrogens (tertiary/aromatic N) is 3. The van der Waals surface area contributed by atoms with Crippen LogP contribution in [0.3, 0.4) is 0 Å². The van der Waals surface area contributed by atoms with Crippen LogP contribution in [0.2, 0.25) is 0 Å². The number of hydrogen-bond acceptors (Lipinski definition) is 6. The number of fused-ring (bicyclic) bond motifs is 2. The van der Waals surface area contributed by atoms with Crippen molar-refractivity contribution in [1.82, 2.24) is 25.6 Å². The van der Waals surface area contributed by atoms with Crippen molar-refractivity contribution in [3.05, 3.63) is 0 Å². The molecule has 0 aromatic carbocycles. The van der Waals surface area contributed by atoms with Crippen molar-refractivity contribution in [2.45, 2.75) is 94.3 Å². The minimum atomic E-state index is -4.68. The Balaban J connectivity index is 1.15. The van der Waals surface area contributed by atoms with E-state index in [2.05, 4.69) is 15.8 Å². The largest absolute Gasteiger partial charge is 0.409 e. The molecule has 6 rings (SSSR count). The maximum absolute atomic E-state index is 15.7. The van der Waals surface area contributed by atoms with E-state index in [1.54, 1.807) is 0 Å². The van der Waals surface area contributed by atoms with Gasteiger partial charge in [-0.2, -0.15) is 13.2 Å². The van der Waals surface area contributed by atoms with Crippen LogP contribution < -0.4 is 16.5 Å². The van der Waals surface area contributed by atoms with Gasteiger partial charge >= 0.3 is 12.2 Å². The summed E-state index contributed by atoms with van der Waals surface area (Å²) in [6, 6.07) is -2.87. The van der Waals surface area contributed by atoms with Gasteiger partial charge in [0.1, 0.15) is 30.5 Å². The number of urea groups is 1. The van der Waals surface area contributed by atoms with Gasteiger partial charge in [-0.05, 0) is 93.3 Å². The van der Waals surface area contributed by atoms with E-state index in [0.717, 1.165) is 31.0 Å². The Hall–Kier alpha value is -2.06. The summed E-state index contributed by atoms with van der Waals surface area (Å²) in [5.41, 5.74) is 7.53. The minimum absolute atomic E-state index is 0.196. The number of rotatable bonds is 9. The number of alkyl halides is 5. The van der Waals surface area contributed by atoms with E-state index >= 15 is 4.39 Å². The monoisotopic (exact) mass is 632 g/mol. The molecule has 4 unspecified atom stereocenters. The molecule has 4 saturated carbocycles. The maximum atomic E-state index is 15.7. The number of halogens is 5. The molecule has 9 nitrogen and oxygen atoms in total. The molecule has 7 atom stereocenters. The van der Waals surface area contributed by atoms with Gasteiger partial charge in [0.15, 0.2) is 0 Å². The minimum Gasteiger partial charge on any atom is -0.329 e. The molecule has 248 valence electrons. The second kappa shape index (κ2) is 12.3. The standard InChI is InChI=1S/C30H45F5N6O3/c31-21-6-1-17(2-7-21)14-40(26(18-3-4-18)30(33,34)35)25(42)16-41-27(43)29(38-28(41)44)12-24(32)22-11-19(5-8-23(22)29)20-13-37-39(15-20)10-9-36/h17-24,26,37H,1-16,36H2,(H,38,44)/t17?,19?,20?,21?,22?,23?,24-,26-,29+/m1/s1. The van der Waals surface area contributed by atoms with Gasteiger partial charge in [0.2, 0.25) is 5.91 Å². The zero-order chi connectivity index (χ0) is 31.4. The van der Waals surface area contributed by atoms with Crippen molar-refractivity contribution < 1.29 is 36.3 Å². The molecule has 0 aromatic heterocycles. The Labute approximate surface area is 254 Å². The molecular weight excluding hydrogens is 587 g/mol. The average Bonchev–Trinajstić information content (AvgIpc) is 3.55. The number of hydrazine groups is 1. The zero-order valence-electron chi connectivity index (χ0n) is 25.0. The van der Waals surface area contributed by atoms with E-state index in [0.29, 0.717) is 55.9 Å². The molecule has 2 aliphatic heterocycles. The number of imide groups is 1. The molecule has 0 bridgehead atoms. The van der Waals surface area contributed by atoms with Gasteiger partial charge in [-0.25, -0.2) is 18.6 Å². The lowest BCUT2D eigenvalue weighted by atomic mass is 9.67. The Morgan fingerprint density at radius 3 is 2.43 bits per heavy atom. The third kappa shape index (κ3) is 6.06. The van der Waals surface area contributed by atoms with Crippen LogP contribution in [0.25, 0.3) is 0 Å². The van der Waals surface area contributed by atoms with Crippen LogP contribution in [0.4, 0.5) is 26.7 Å². The number of hydrogen-bond donors (Lipinski definition) is 3. The predicted octanol–water partition coefficient (Wildman–Crippen LogP) is 3.14. The fourth-order valence-electron chi connectivity index (χ4n) is 9.06. The quantitative estimate of drug-likeness (QED) is 0.266. The van der Waals surface area contributed by atoms with Crippen LogP contribution in [0.5, 0.6) is 0 Å². The SMILES string of the molecule is NCCN1CC(C2CCC3C(C2)[C@H](F)C[C@]32NC(=O)N(CC(=O)N(CC3CCC(F)CC3)[C@H](C3CC3)C(F)(F)F)C2=O)CN1. The fourth-order valence-corrected chi connectivity index (χ4v) is 9.06. The highest BCUT2D eigenvalue weighted by molar-refractivity contribution is 6.09. The van der Waals surface area contributed by atoms with Crippen molar-refractivity contribution in [3.63, 3.8) is 0 Å². The normalized spacial score (nSPS) is 38.7. The second-order valence-electron chi connectivity index (χ2n) is 14.2. The summed E-state index contributed by atoms with van der Waals surface area (Å²) in [4.78, 5) is 42.3. The fraction of sp³-hybridized carbons (Fsp3) is 0.900. The van der Waals surface area contributed by atoms with E-state index < -0.39 is 72.2 Å². The van der Waals surface area contributed by atoms with E-state index in [9.17, 15) is 31.9 Å². The van der Waals surface area contributed by atoms with Crippen molar-refractivity contribution in [2.24, 2.45) is 41.2 Å². The molecule has 4 amide bonds. The first-order valence-corrected chi connectivity index (χ1v) is 16.4. The molecule has 44 heavy (non-hydrogen) atoms. The van der Waals surface area contributed by atoms with Crippen molar-refractivity contribution in [1.29, 1.82) is 0 Å². The molecule has 2 heterocycles. The molecule has 6 aliphatic rings. The highest BCUT2D eigenvalue weighted by Gasteiger charge is 2.65. The number of carbonyl (C=O) groups excluding carboxylic acids is 3. The van der Waals surface area contributed by atoms with Gasteiger partial charge in [0.05, 0.1) is 0 Å². The van der Waals surface area contributed by atoms with Gasteiger partial charge in [0, 0.05) is 39.1 Å². The van der Waals surface area contributed by atoms with Crippen LogP contribution in [0, 0.1) is 35.5 Å². The van der Waals surface area contributed by atoms with Gasteiger partial charge in [-0.15, -0.1) is 0 Å². The number of nitrogens with two attached hydrogens (primary N) is 1. The van der Waals surface area contributed by atoms with Crippen LogP contribution in [0.15, 0.2) is 0 Å². The molecule has 0 radical (unpaired) electrons. The first kappa shape index (κ1) is 31.9. The lowest BCUT2D eigenvalue weighted by Crippen LogP contribution is -2.56. The van der Waals surface area contributed by atoms with Crippen LogP contribution in [-0.4, -0.2) is 102 Å². The Kier molecular flexibility index (Phi) is 8.90. The molecule has 14 heteroatoms. The zero-order valence-corrected chi connectivity index (χ0v) is 25.0. The molecular formula is C30H45F5N6O3. The van der Waals surface area contributed by atoms with Gasteiger partial charge < -0.3 is 16.0 Å². The van der Waals surface area contributed by atoms with Gasteiger partial charge in [-0.3, -0.25) is 19.9 Å². The third-order valence-electron chi connectivity index (χ3n) is 11.4. The topological polar surface area (TPSA) is 111 Å². The number of nitrogens with one attached hydrogen (secondary N) is 2. The first-order chi connectivity index (χ1) is 20.9. The summed E-state index contributed by atoms with van der Waals surface area (Å²) >= 11 is 0. The Morgan fingerprint density at radius 1 is 1.05 bits per heavy atom. The third-order valence-corrected chi connectivity index (χ3v) is 11.4. The van der Waals surface area contributed by atoms with Crippen molar-refractivity contribution in [3.8, 4) is 0 Å².